The second-order valence-corrected chi connectivity index (χ2v) is 7.42. The molecule has 1 saturated carbocycles. The van der Waals surface area contributed by atoms with E-state index >= 15 is 0 Å². The highest BCUT2D eigenvalue weighted by Crippen LogP contribution is 2.28. The quantitative estimate of drug-likeness (QED) is 0.698. The van der Waals surface area contributed by atoms with Crippen molar-refractivity contribution in [3.63, 3.8) is 0 Å². The van der Waals surface area contributed by atoms with E-state index in [0.717, 1.165) is 38.5 Å². The molecule has 0 aromatic carbocycles. The van der Waals surface area contributed by atoms with E-state index in [2.05, 4.69) is 10.6 Å². The van der Waals surface area contributed by atoms with Crippen LogP contribution in [0, 0.1) is 5.92 Å². The SMILES string of the molecule is CNC(=O)C(CCCC1CCC(O)CC1)NC(=O)OC(C)(C)C. The number of hydrogen-bond donors (Lipinski definition) is 3. The predicted octanol–water partition coefficient (Wildman–Crippen LogP) is 2.35. The summed E-state index contributed by atoms with van der Waals surface area (Å²) in [6.45, 7) is 5.37. The Kier molecular flexibility index (Phi) is 7.82. The lowest BCUT2D eigenvalue weighted by Crippen LogP contribution is -2.47. The molecule has 0 aromatic rings. The minimum Gasteiger partial charge on any atom is -0.444 e. The molecule has 0 radical (unpaired) electrons. The first-order valence-corrected chi connectivity index (χ1v) is 8.60. The van der Waals surface area contributed by atoms with Gasteiger partial charge in [-0.15, -0.1) is 0 Å². The average molecular weight is 328 g/mol. The molecule has 6 nitrogen and oxygen atoms in total. The summed E-state index contributed by atoms with van der Waals surface area (Å²) in [5.74, 6) is 0.417. The van der Waals surface area contributed by atoms with Crippen LogP contribution in [-0.4, -0.2) is 41.9 Å². The zero-order valence-electron chi connectivity index (χ0n) is 14.9. The van der Waals surface area contributed by atoms with Crippen LogP contribution in [0.5, 0.6) is 0 Å². The monoisotopic (exact) mass is 328 g/mol. The van der Waals surface area contributed by atoms with Crippen molar-refractivity contribution < 1.29 is 19.4 Å². The van der Waals surface area contributed by atoms with Crippen LogP contribution in [0.15, 0.2) is 0 Å². The minimum atomic E-state index is -0.583. The molecule has 6 heteroatoms. The normalized spacial score (nSPS) is 23.0. The number of amides is 2. The average Bonchev–Trinajstić information content (AvgIpc) is 2.45. The molecular formula is C17H32N2O4. The molecule has 1 unspecified atom stereocenters. The van der Waals surface area contributed by atoms with Crippen LogP contribution in [0.4, 0.5) is 4.79 Å². The van der Waals surface area contributed by atoms with Gasteiger partial charge in [-0.2, -0.15) is 0 Å². The molecule has 0 bridgehead atoms. The van der Waals surface area contributed by atoms with Crippen molar-refractivity contribution in [3.8, 4) is 0 Å². The number of ether oxygens (including phenoxy) is 1. The lowest BCUT2D eigenvalue weighted by molar-refractivity contribution is -0.122. The molecule has 1 atom stereocenters. The molecule has 0 spiro atoms. The van der Waals surface area contributed by atoms with Gasteiger partial charge in [0.2, 0.25) is 5.91 Å². The first-order valence-electron chi connectivity index (χ1n) is 8.60. The van der Waals surface area contributed by atoms with Crippen LogP contribution in [0.2, 0.25) is 0 Å². The Labute approximate surface area is 139 Å². The summed E-state index contributed by atoms with van der Waals surface area (Å²) >= 11 is 0. The fourth-order valence-corrected chi connectivity index (χ4v) is 2.94. The second kappa shape index (κ2) is 9.11. The van der Waals surface area contributed by atoms with Crippen LogP contribution in [0.1, 0.15) is 65.7 Å². The lowest BCUT2D eigenvalue weighted by atomic mass is 9.84. The number of carbonyl (C=O) groups excluding carboxylic acids is 2. The third-order valence-corrected chi connectivity index (χ3v) is 4.18. The molecule has 0 aliphatic heterocycles. The van der Waals surface area contributed by atoms with E-state index in [1.807, 2.05) is 0 Å². The summed E-state index contributed by atoms with van der Waals surface area (Å²) in [5, 5.41) is 14.8. The van der Waals surface area contributed by atoms with Crippen LogP contribution in [-0.2, 0) is 9.53 Å². The van der Waals surface area contributed by atoms with Gasteiger partial charge < -0.3 is 20.5 Å². The van der Waals surface area contributed by atoms with Crippen molar-refractivity contribution in [1.82, 2.24) is 10.6 Å². The number of hydrogen-bond acceptors (Lipinski definition) is 4. The van der Waals surface area contributed by atoms with E-state index in [0.29, 0.717) is 12.3 Å². The standard InChI is InChI=1S/C17H32N2O4/c1-17(2,3)23-16(22)19-14(15(21)18-4)7-5-6-12-8-10-13(20)11-9-12/h12-14,20H,5-11H2,1-4H3,(H,18,21)(H,19,22). The maximum Gasteiger partial charge on any atom is 0.408 e. The molecule has 1 fully saturated rings. The van der Waals surface area contributed by atoms with Gasteiger partial charge >= 0.3 is 6.09 Å². The van der Waals surface area contributed by atoms with Crippen molar-refractivity contribution in [1.29, 1.82) is 0 Å². The van der Waals surface area contributed by atoms with Crippen molar-refractivity contribution in [3.05, 3.63) is 0 Å². The van der Waals surface area contributed by atoms with E-state index in [1.165, 1.54) is 0 Å². The summed E-state index contributed by atoms with van der Waals surface area (Å²) in [6, 6.07) is -0.566. The Balaban J connectivity index is 2.39. The van der Waals surface area contributed by atoms with Gasteiger partial charge in [0.15, 0.2) is 0 Å². The number of likely N-dealkylation sites (N-methyl/N-ethyl adjacent to an activating group) is 1. The van der Waals surface area contributed by atoms with Gasteiger partial charge in [-0.1, -0.05) is 12.8 Å². The van der Waals surface area contributed by atoms with E-state index in [4.69, 9.17) is 4.74 Å². The molecule has 134 valence electrons. The van der Waals surface area contributed by atoms with Gasteiger partial charge in [0.25, 0.3) is 0 Å². The molecule has 2 amide bonds. The molecular weight excluding hydrogens is 296 g/mol. The van der Waals surface area contributed by atoms with Crippen LogP contribution in [0.3, 0.4) is 0 Å². The second-order valence-electron chi connectivity index (χ2n) is 7.42. The molecule has 0 saturated heterocycles. The Bertz CT molecular complexity index is 385. The number of aliphatic hydroxyl groups excluding tert-OH is 1. The molecule has 1 aliphatic carbocycles. The predicted molar refractivity (Wildman–Crippen MR) is 89.0 cm³/mol. The molecule has 0 aromatic heterocycles. The van der Waals surface area contributed by atoms with E-state index in [9.17, 15) is 14.7 Å². The fourth-order valence-electron chi connectivity index (χ4n) is 2.94. The maximum atomic E-state index is 11.9. The molecule has 3 N–H and O–H groups in total. The highest BCUT2D eigenvalue weighted by atomic mass is 16.6. The minimum absolute atomic E-state index is 0.140. The third-order valence-electron chi connectivity index (χ3n) is 4.18. The first kappa shape index (κ1) is 19.7. The number of aliphatic hydroxyl groups is 1. The zero-order valence-corrected chi connectivity index (χ0v) is 14.9. The number of nitrogens with one attached hydrogen (secondary N) is 2. The van der Waals surface area contributed by atoms with Gasteiger partial charge in [0.05, 0.1) is 6.10 Å². The van der Waals surface area contributed by atoms with Gasteiger partial charge in [0, 0.05) is 7.05 Å². The smallest absolute Gasteiger partial charge is 0.408 e. The zero-order chi connectivity index (χ0) is 17.5. The summed E-state index contributed by atoms with van der Waals surface area (Å²) in [4.78, 5) is 23.8. The van der Waals surface area contributed by atoms with Crippen molar-refractivity contribution in [2.24, 2.45) is 5.92 Å². The summed E-state index contributed by atoms with van der Waals surface area (Å²) in [5.41, 5.74) is -0.583. The maximum absolute atomic E-state index is 11.9. The summed E-state index contributed by atoms with van der Waals surface area (Å²) in [7, 11) is 1.56. The highest BCUT2D eigenvalue weighted by molar-refractivity contribution is 5.85. The van der Waals surface area contributed by atoms with E-state index in [-0.39, 0.29) is 12.0 Å². The van der Waals surface area contributed by atoms with Crippen molar-refractivity contribution in [2.45, 2.75) is 83.5 Å². The highest BCUT2D eigenvalue weighted by Gasteiger charge is 2.24. The van der Waals surface area contributed by atoms with Gasteiger partial charge in [0.1, 0.15) is 11.6 Å². The number of alkyl carbamates (subject to hydrolysis) is 1. The van der Waals surface area contributed by atoms with Crippen LogP contribution < -0.4 is 10.6 Å². The van der Waals surface area contributed by atoms with Crippen molar-refractivity contribution in [2.75, 3.05) is 7.05 Å². The fraction of sp³-hybridized carbons (Fsp3) is 0.882. The van der Waals surface area contributed by atoms with Gasteiger partial charge in [-0.3, -0.25) is 4.79 Å². The largest absolute Gasteiger partial charge is 0.444 e. The number of carbonyl (C=O) groups is 2. The van der Waals surface area contributed by atoms with E-state index < -0.39 is 17.7 Å². The first-order chi connectivity index (χ1) is 10.7. The van der Waals surface area contributed by atoms with Crippen LogP contribution >= 0.6 is 0 Å². The van der Waals surface area contributed by atoms with E-state index in [1.54, 1.807) is 27.8 Å². The van der Waals surface area contributed by atoms with Crippen LogP contribution in [0.25, 0.3) is 0 Å². The summed E-state index contributed by atoms with van der Waals surface area (Å²) < 4.78 is 5.21. The Morgan fingerprint density at radius 1 is 1.22 bits per heavy atom. The number of rotatable bonds is 6. The van der Waals surface area contributed by atoms with Gasteiger partial charge in [-0.25, -0.2) is 4.79 Å². The Morgan fingerprint density at radius 3 is 2.35 bits per heavy atom. The topological polar surface area (TPSA) is 87.7 Å². The van der Waals surface area contributed by atoms with Crippen molar-refractivity contribution >= 4 is 12.0 Å². The molecule has 0 heterocycles. The lowest BCUT2D eigenvalue weighted by Gasteiger charge is -2.26. The Morgan fingerprint density at radius 2 is 1.83 bits per heavy atom. The molecule has 1 aliphatic rings. The third kappa shape index (κ3) is 8.21. The Hall–Kier alpha value is -1.30. The van der Waals surface area contributed by atoms with Gasteiger partial charge in [-0.05, 0) is 58.8 Å². The molecule has 1 rings (SSSR count). The molecule has 23 heavy (non-hydrogen) atoms. The summed E-state index contributed by atoms with van der Waals surface area (Å²) in [6.07, 6.45) is 5.63.